The van der Waals surface area contributed by atoms with Crippen molar-refractivity contribution in [2.45, 2.75) is 6.92 Å². The van der Waals surface area contributed by atoms with Gasteiger partial charge in [0.05, 0.1) is 34.6 Å². The molecule has 0 fully saturated rings. The maximum atomic E-state index is 5.86. The molecule has 0 atom stereocenters. The molecule has 9 nitrogen and oxygen atoms in total. The predicted molar refractivity (Wildman–Crippen MR) is 144 cm³/mol. The number of rotatable bonds is 7. The van der Waals surface area contributed by atoms with Crippen LogP contribution in [0.3, 0.4) is 0 Å². The van der Waals surface area contributed by atoms with E-state index in [2.05, 4.69) is 55.2 Å². The van der Waals surface area contributed by atoms with Crippen LogP contribution in [-0.4, -0.2) is 67.3 Å². The molecule has 5 heterocycles. The molecule has 5 aromatic heterocycles. The fraction of sp³-hybridized carbons (Fsp3) is 0.179. The van der Waals surface area contributed by atoms with Gasteiger partial charge in [-0.2, -0.15) is 5.10 Å². The van der Waals surface area contributed by atoms with E-state index in [1.165, 1.54) is 5.56 Å². The van der Waals surface area contributed by atoms with Crippen LogP contribution in [0, 0.1) is 6.92 Å². The van der Waals surface area contributed by atoms with Crippen molar-refractivity contribution in [3.8, 4) is 39.7 Å². The third-order valence-electron chi connectivity index (χ3n) is 6.17. The number of hydrogen-bond acceptors (Lipinski definition) is 7. The van der Waals surface area contributed by atoms with Gasteiger partial charge in [-0.25, -0.2) is 9.97 Å². The van der Waals surface area contributed by atoms with Crippen molar-refractivity contribution in [1.82, 2.24) is 40.0 Å². The Kier molecular flexibility index (Phi) is 5.82. The Morgan fingerprint density at radius 2 is 1.76 bits per heavy atom. The Labute approximate surface area is 213 Å². The van der Waals surface area contributed by atoms with Gasteiger partial charge in [0.1, 0.15) is 17.9 Å². The second-order valence-electron chi connectivity index (χ2n) is 9.26. The lowest BCUT2D eigenvalue weighted by atomic mass is 10.0. The first kappa shape index (κ1) is 22.8. The summed E-state index contributed by atoms with van der Waals surface area (Å²) in [7, 11) is 4.03. The third kappa shape index (κ3) is 4.52. The Morgan fingerprint density at radius 1 is 0.865 bits per heavy atom. The molecule has 0 aliphatic carbocycles. The monoisotopic (exact) mass is 490 g/mol. The van der Waals surface area contributed by atoms with Gasteiger partial charge in [-0.1, -0.05) is 29.8 Å². The van der Waals surface area contributed by atoms with Crippen LogP contribution >= 0.6 is 0 Å². The van der Waals surface area contributed by atoms with Gasteiger partial charge in [-0.3, -0.25) is 15.1 Å². The van der Waals surface area contributed by atoms with Gasteiger partial charge < -0.3 is 14.6 Å². The molecule has 0 spiro atoms. The average molecular weight is 491 g/mol. The summed E-state index contributed by atoms with van der Waals surface area (Å²) in [5.41, 5.74) is 8.74. The quantitative estimate of drug-likeness (QED) is 0.328. The number of benzene rings is 1. The van der Waals surface area contributed by atoms with E-state index in [1.807, 2.05) is 44.6 Å². The van der Waals surface area contributed by atoms with E-state index in [0.717, 1.165) is 51.0 Å². The van der Waals surface area contributed by atoms with Crippen molar-refractivity contribution in [3.05, 3.63) is 72.8 Å². The molecule has 0 saturated heterocycles. The summed E-state index contributed by atoms with van der Waals surface area (Å²) in [6, 6.07) is 14.2. The van der Waals surface area contributed by atoms with E-state index in [1.54, 1.807) is 18.6 Å². The number of imidazole rings is 1. The van der Waals surface area contributed by atoms with Crippen molar-refractivity contribution in [2.24, 2.45) is 0 Å². The van der Waals surface area contributed by atoms with Crippen molar-refractivity contribution in [1.29, 1.82) is 0 Å². The largest absolute Gasteiger partial charge is 0.491 e. The number of pyridine rings is 3. The lowest BCUT2D eigenvalue weighted by molar-refractivity contribution is 0.261. The van der Waals surface area contributed by atoms with Gasteiger partial charge in [0.15, 0.2) is 11.5 Å². The van der Waals surface area contributed by atoms with E-state index >= 15 is 0 Å². The van der Waals surface area contributed by atoms with Crippen LogP contribution in [0.1, 0.15) is 5.56 Å². The van der Waals surface area contributed by atoms with Gasteiger partial charge in [0, 0.05) is 30.1 Å². The average Bonchev–Trinajstić information content (AvgIpc) is 3.52. The summed E-state index contributed by atoms with van der Waals surface area (Å²) < 4.78 is 5.86. The van der Waals surface area contributed by atoms with Crippen LogP contribution in [-0.2, 0) is 0 Å². The van der Waals surface area contributed by atoms with Crippen molar-refractivity contribution < 1.29 is 4.74 Å². The molecule has 0 bridgehead atoms. The summed E-state index contributed by atoms with van der Waals surface area (Å²) >= 11 is 0. The molecule has 6 rings (SSSR count). The highest BCUT2D eigenvalue weighted by Crippen LogP contribution is 2.31. The molecule has 0 saturated carbocycles. The summed E-state index contributed by atoms with van der Waals surface area (Å²) in [5, 5.41) is 7.62. The predicted octanol–water partition coefficient (Wildman–Crippen LogP) is 4.87. The fourth-order valence-corrected chi connectivity index (χ4v) is 4.28. The molecular formula is C28H26N8O. The number of nitrogens with one attached hydrogen (secondary N) is 2. The number of H-pyrrole nitrogens is 2. The minimum Gasteiger partial charge on any atom is -0.491 e. The number of hydrogen-bond donors (Lipinski definition) is 2. The van der Waals surface area contributed by atoms with E-state index in [9.17, 15) is 0 Å². The highest BCUT2D eigenvalue weighted by Gasteiger charge is 2.17. The first-order valence-electron chi connectivity index (χ1n) is 12.0. The van der Waals surface area contributed by atoms with Crippen molar-refractivity contribution in [2.75, 3.05) is 27.2 Å². The molecule has 37 heavy (non-hydrogen) atoms. The van der Waals surface area contributed by atoms with Crippen LogP contribution in [0.2, 0.25) is 0 Å². The van der Waals surface area contributed by atoms with Gasteiger partial charge in [0.25, 0.3) is 0 Å². The normalized spacial score (nSPS) is 11.6. The molecule has 9 heteroatoms. The Balaban J connectivity index is 1.38. The number of likely N-dealkylation sites (N-methyl/N-ethyl adjacent to an activating group) is 1. The molecule has 0 unspecified atom stereocenters. The SMILES string of the molecule is Cc1cccc(-c2cncc3[nH]c(-c4n[nH]c5ccc(-c6cncc(OCCN(C)C)c6)nc45)nc23)c1. The van der Waals surface area contributed by atoms with Crippen LogP contribution in [0.5, 0.6) is 5.75 Å². The van der Waals surface area contributed by atoms with E-state index < -0.39 is 0 Å². The minimum atomic E-state index is 0.585. The third-order valence-corrected chi connectivity index (χ3v) is 6.17. The standard InChI is InChI=1S/C28H26N8O/c1-17-5-4-6-18(11-17)21-15-30-16-24-25(21)33-28(32-24)27-26-23(34-35-27)8-7-22(31-26)19-12-20(14-29-13-19)37-10-9-36(2)3/h4-8,11-16H,9-10H2,1-3H3,(H,32,33)(H,34,35). The lowest BCUT2D eigenvalue weighted by Crippen LogP contribution is -2.19. The zero-order chi connectivity index (χ0) is 25.4. The fourth-order valence-electron chi connectivity index (χ4n) is 4.28. The summed E-state index contributed by atoms with van der Waals surface area (Å²) in [6.07, 6.45) is 7.14. The highest BCUT2D eigenvalue weighted by molar-refractivity contribution is 5.95. The molecule has 6 aromatic rings. The number of aromatic nitrogens is 7. The van der Waals surface area contributed by atoms with Crippen molar-refractivity contribution >= 4 is 22.1 Å². The van der Waals surface area contributed by atoms with Crippen molar-refractivity contribution in [3.63, 3.8) is 0 Å². The van der Waals surface area contributed by atoms with E-state index in [0.29, 0.717) is 23.9 Å². The van der Waals surface area contributed by atoms with Crippen LogP contribution in [0.4, 0.5) is 0 Å². The summed E-state index contributed by atoms with van der Waals surface area (Å²) in [6.45, 7) is 3.49. The number of ether oxygens (including phenoxy) is 1. The number of aromatic amines is 2. The van der Waals surface area contributed by atoms with Gasteiger partial charge in [0.2, 0.25) is 0 Å². The molecule has 2 N–H and O–H groups in total. The first-order valence-corrected chi connectivity index (χ1v) is 12.0. The molecule has 0 aliphatic heterocycles. The Morgan fingerprint density at radius 3 is 2.62 bits per heavy atom. The Bertz CT molecular complexity index is 1720. The lowest BCUT2D eigenvalue weighted by Gasteiger charge is -2.11. The number of fused-ring (bicyclic) bond motifs is 2. The molecular weight excluding hydrogens is 464 g/mol. The van der Waals surface area contributed by atoms with Crippen LogP contribution in [0.15, 0.2) is 67.3 Å². The molecule has 1 aromatic carbocycles. The smallest absolute Gasteiger partial charge is 0.161 e. The molecule has 0 aliphatic rings. The Hall–Kier alpha value is -4.63. The van der Waals surface area contributed by atoms with E-state index in [-0.39, 0.29) is 0 Å². The molecule has 0 amide bonds. The minimum absolute atomic E-state index is 0.585. The molecule has 0 radical (unpaired) electrons. The van der Waals surface area contributed by atoms with E-state index in [4.69, 9.17) is 14.7 Å². The highest BCUT2D eigenvalue weighted by atomic mass is 16.5. The summed E-state index contributed by atoms with van der Waals surface area (Å²) in [5.74, 6) is 1.34. The van der Waals surface area contributed by atoms with Gasteiger partial charge in [-0.05, 0) is 44.8 Å². The number of aryl methyl sites for hydroxylation is 1. The van der Waals surface area contributed by atoms with Gasteiger partial charge >= 0.3 is 0 Å². The van der Waals surface area contributed by atoms with Crippen LogP contribution in [0.25, 0.3) is 56.0 Å². The summed E-state index contributed by atoms with van der Waals surface area (Å²) in [4.78, 5) is 24.1. The molecule has 184 valence electrons. The zero-order valence-electron chi connectivity index (χ0n) is 20.9. The first-order chi connectivity index (χ1) is 18.0. The number of nitrogens with zero attached hydrogens (tertiary/aromatic N) is 6. The zero-order valence-corrected chi connectivity index (χ0v) is 20.9. The second-order valence-corrected chi connectivity index (χ2v) is 9.26. The topological polar surface area (TPSA) is 108 Å². The van der Waals surface area contributed by atoms with Gasteiger partial charge in [-0.15, -0.1) is 0 Å². The maximum Gasteiger partial charge on any atom is 0.161 e. The second kappa shape index (κ2) is 9.44. The maximum absolute atomic E-state index is 5.86. The van der Waals surface area contributed by atoms with Crippen LogP contribution < -0.4 is 4.74 Å².